The van der Waals surface area contributed by atoms with Gasteiger partial charge in [-0.15, -0.1) is 0 Å². The Labute approximate surface area is 93.9 Å². The highest BCUT2D eigenvalue weighted by molar-refractivity contribution is 5.91. The van der Waals surface area contributed by atoms with Gasteiger partial charge in [0, 0.05) is 18.2 Å². The maximum absolute atomic E-state index is 11.1. The summed E-state index contributed by atoms with van der Waals surface area (Å²) in [5.41, 5.74) is 8.39. The molecule has 0 aliphatic rings. The molecular formula is C13H13NO2. The quantitative estimate of drug-likeness (QED) is 0.618. The van der Waals surface area contributed by atoms with E-state index in [9.17, 15) is 4.79 Å². The number of furan rings is 1. The van der Waals surface area contributed by atoms with Crippen LogP contribution in [-0.2, 0) is 0 Å². The third kappa shape index (κ3) is 1.84. The fraction of sp³-hybridized carbons (Fsp3) is 0.154. The smallest absolute Gasteiger partial charge is 0.194 e. The molecular weight excluding hydrogens is 202 g/mol. The molecule has 0 aliphatic heterocycles. The van der Waals surface area contributed by atoms with E-state index in [1.807, 2.05) is 25.1 Å². The van der Waals surface area contributed by atoms with E-state index in [1.54, 1.807) is 12.1 Å². The lowest BCUT2D eigenvalue weighted by atomic mass is 10.1. The summed E-state index contributed by atoms with van der Waals surface area (Å²) in [5, 5.41) is 0. The zero-order chi connectivity index (χ0) is 11.7. The first-order valence-corrected chi connectivity index (χ1v) is 5.05. The number of anilines is 1. The van der Waals surface area contributed by atoms with E-state index in [0.717, 1.165) is 16.8 Å². The van der Waals surface area contributed by atoms with E-state index in [1.165, 1.54) is 6.92 Å². The van der Waals surface area contributed by atoms with Gasteiger partial charge < -0.3 is 10.2 Å². The maximum atomic E-state index is 11.1. The van der Waals surface area contributed by atoms with Crippen molar-refractivity contribution in [2.45, 2.75) is 13.8 Å². The van der Waals surface area contributed by atoms with E-state index in [2.05, 4.69) is 0 Å². The lowest BCUT2D eigenvalue weighted by molar-refractivity contribution is 0.0988. The van der Waals surface area contributed by atoms with Crippen LogP contribution >= 0.6 is 0 Å². The van der Waals surface area contributed by atoms with Crippen LogP contribution in [0.2, 0.25) is 0 Å². The van der Waals surface area contributed by atoms with Gasteiger partial charge in [0.05, 0.1) is 0 Å². The molecule has 2 rings (SSSR count). The summed E-state index contributed by atoms with van der Waals surface area (Å²) >= 11 is 0. The standard InChI is InChI=1S/C13H13NO2/c1-8-7-10(14)3-4-11(8)13-6-5-12(16-13)9(2)15/h3-7H,14H2,1-2H3. The van der Waals surface area contributed by atoms with E-state index in [-0.39, 0.29) is 5.78 Å². The predicted molar refractivity (Wildman–Crippen MR) is 63.3 cm³/mol. The largest absolute Gasteiger partial charge is 0.453 e. The number of carbonyl (C=O) groups is 1. The predicted octanol–water partition coefficient (Wildman–Crippen LogP) is 3.04. The number of benzene rings is 1. The summed E-state index contributed by atoms with van der Waals surface area (Å²) in [6.07, 6.45) is 0. The van der Waals surface area contributed by atoms with Gasteiger partial charge in [0.1, 0.15) is 5.76 Å². The zero-order valence-corrected chi connectivity index (χ0v) is 9.28. The molecule has 2 N–H and O–H groups in total. The second-order valence-electron chi connectivity index (χ2n) is 3.79. The third-order valence-electron chi connectivity index (χ3n) is 2.47. The number of carbonyl (C=O) groups excluding carboxylic acids is 1. The van der Waals surface area contributed by atoms with Crippen LogP contribution in [-0.4, -0.2) is 5.78 Å². The fourth-order valence-corrected chi connectivity index (χ4v) is 1.64. The second kappa shape index (κ2) is 3.85. The summed E-state index contributed by atoms with van der Waals surface area (Å²) in [6.45, 7) is 3.44. The van der Waals surface area contributed by atoms with Crippen LogP contribution in [0.3, 0.4) is 0 Å². The molecule has 1 aromatic carbocycles. The van der Waals surface area contributed by atoms with Gasteiger partial charge in [-0.3, -0.25) is 4.79 Å². The van der Waals surface area contributed by atoms with Crippen LogP contribution in [0, 0.1) is 6.92 Å². The summed E-state index contributed by atoms with van der Waals surface area (Å²) < 4.78 is 5.46. The van der Waals surface area contributed by atoms with Crippen LogP contribution in [0.15, 0.2) is 34.7 Å². The molecule has 82 valence electrons. The monoisotopic (exact) mass is 215 g/mol. The highest BCUT2D eigenvalue weighted by Crippen LogP contribution is 2.26. The molecule has 0 bridgehead atoms. The zero-order valence-electron chi connectivity index (χ0n) is 9.28. The number of hydrogen-bond acceptors (Lipinski definition) is 3. The van der Waals surface area contributed by atoms with E-state index < -0.39 is 0 Å². The van der Waals surface area contributed by atoms with Gasteiger partial charge in [0.2, 0.25) is 0 Å². The van der Waals surface area contributed by atoms with Gasteiger partial charge in [-0.1, -0.05) is 0 Å². The molecule has 16 heavy (non-hydrogen) atoms. The van der Waals surface area contributed by atoms with Gasteiger partial charge in [-0.25, -0.2) is 0 Å². The SMILES string of the molecule is CC(=O)c1ccc(-c2ccc(N)cc2C)o1. The van der Waals surface area contributed by atoms with Crippen molar-refractivity contribution in [1.29, 1.82) is 0 Å². The maximum Gasteiger partial charge on any atom is 0.194 e. The van der Waals surface area contributed by atoms with Crippen molar-refractivity contribution in [3.8, 4) is 11.3 Å². The summed E-state index contributed by atoms with van der Waals surface area (Å²) in [5.74, 6) is 1.01. The van der Waals surface area contributed by atoms with Gasteiger partial charge in [0.25, 0.3) is 0 Å². The fourth-order valence-electron chi connectivity index (χ4n) is 1.64. The number of nitrogens with two attached hydrogens (primary N) is 1. The lowest BCUT2D eigenvalue weighted by Crippen LogP contribution is -1.88. The molecule has 0 saturated heterocycles. The molecule has 2 aromatic rings. The Morgan fingerprint density at radius 2 is 2.00 bits per heavy atom. The van der Waals surface area contributed by atoms with Gasteiger partial charge in [0.15, 0.2) is 11.5 Å². The molecule has 0 radical (unpaired) electrons. The Bertz CT molecular complexity index is 541. The van der Waals surface area contributed by atoms with Crippen LogP contribution in [0.4, 0.5) is 5.69 Å². The highest BCUT2D eigenvalue weighted by atomic mass is 16.3. The molecule has 0 aliphatic carbocycles. The molecule has 0 atom stereocenters. The molecule has 3 nitrogen and oxygen atoms in total. The normalized spacial score (nSPS) is 10.4. The number of rotatable bonds is 2. The Morgan fingerprint density at radius 3 is 2.56 bits per heavy atom. The Hall–Kier alpha value is -2.03. The summed E-state index contributed by atoms with van der Waals surface area (Å²) in [4.78, 5) is 11.1. The number of Topliss-reactive ketones (excluding diaryl/α,β-unsaturated/α-hetero) is 1. The van der Waals surface area contributed by atoms with Crippen LogP contribution < -0.4 is 5.73 Å². The van der Waals surface area contributed by atoms with E-state index >= 15 is 0 Å². The molecule has 1 aromatic heterocycles. The first-order valence-electron chi connectivity index (χ1n) is 5.05. The van der Waals surface area contributed by atoms with Gasteiger partial charge in [-0.05, 0) is 42.8 Å². The topological polar surface area (TPSA) is 56.2 Å². The van der Waals surface area contributed by atoms with Crippen LogP contribution in [0.1, 0.15) is 23.0 Å². The van der Waals surface area contributed by atoms with Crippen molar-refractivity contribution in [3.63, 3.8) is 0 Å². The second-order valence-corrected chi connectivity index (χ2v) is 3.79. The highest BCUT2D eigenvalue weighted by Gasteiger charge is 2.09. The van der Waals surface area contributed by atoms with Crippen molar-refractivity contribution in [2.75, 3.05) is 5.73 Å². The van der Waals surface area contributed by atoms with Gasteiger partial charge >= 0.3 is 0 Å². The van der Waals surface area contributed by atoms with Crippen molar-refractivity contribution >= 4 is 11.5 Å². The number of nitrogen functional groups attached to an aromatic ring is 1. The molecule has 0 spiro atoms. The summed E-state index contributed by atoms with van der Waals surface area (Å²) in [6, 6.07) is 9.08. The Balaban J connectivity index is 2.46. The van der Waals surface area contributed by atoms with Crippen LogP contribution in [0.25, 0.3) is 11.3 Å². The van der Waals surface area contributed by atoms with E-state index in [4.69, 9.17) is 10.2 Å². The molecule has 0 amide bonds. The Kier molecular flexibility index (Phi) is 2.52. The lowest BCUT2D eigenvalue weighted by Gasteiger charge is -2.03. The minimum absolute atomic E-state index is 0.0700. The van der Waals surface area contributed by atoms with Gasteiger partial charge in [-0.2, -0.15) is 0 Å². The van der Waals surface area contributed by atoms with Crippen molar-refractivity contribution < 1.29 is 9.21 Å². The molecule has 3 heteroatoms. The van der Waals surface area contributed by atoms with Crippen LogP contribution in [0.5, 0.6) is 0 Å². The molecule has 0 fully saturated rings. The van der Waals surface area contributed by atoms with Crippen molar-refractivity contribution in [2.24, 2.45) is 0 Å². The summed E-state index contributed by atoms with van der Waals surface area (Å²) in [7, 11) is 0. The average molecular weight is 215 g/mol. The first kappa shape index (κ1) is 10.5. The third-order valence-corrected chi connectivity index (χ3v) is 2.47. The van der Waals surface area contributed by atoms with Crippen molar-refractivity contribution in [1.82, 2.24) is 0 Å². The number of hydrogen-bond donors (Lipinski definition) is 1. The number of ketones is 1. The van der Waals surface area contributed by atoms with E-state index in [0.29, 0.717) is 11.5 Å². The van der Waals surface area contributed by atoms with Crippen molar-refractivity contribution in [3.05, 3.63) is 41.7 Å². The first-order chi connectivity index (χ1) is 7.58. The minimum Gasteiger partial charge on any atom is -0.453 e. The molecule has 0 saturated carbocycles. The molecule has 0 unspecified atom stereocenters. The Morgan fingerprint density at radius 1 is 1.25 bits per heavy atom. The minimum atomic E-state index is -0.0700. The average Bonchev–Trinajstić information content (AvgIpc) is 2.66. The molecule has 1 heterocycles. The number of aryl methyl sites for hydroxylation is 1.